The molecule has 0 N–H and O–H groups in total. The van der Waals surface area contributed by atoms with Crippen molar-refractivity contribution in [1.82, 2.24) is 14.9 Å². The number of hydrogen-bond acceptors (Lipinski definition) is 5. The molecular formula is C16H21N3S2. The van der Waals surface area contributed by atoms with Crippen LogP contribution in [-0.2, 0) is 6.54 Å². The first-order valence-electron chi connectivity index (χ1n) is 7.87. The molecule has 1 atom stereocenters. The summed E-state index contributed by atoms with van der Waals surface area (Å²) in [5.74, 6) is 1.42. The van der Waals surface area contributed by atoms with Gasteiger partial charge in [0.2, 0.25) is 0 Å². The molecule has 0 aromatic carbocycles. The van der Waals surface area contributed by atoms with Crippen molar-refractivity contribution in [3.63, 3.8) is 0 Å². The van der Waals surface area contributed by atoms with Crippen molar-refractivity contribution in [2.75, 3.05) is 13.1 Å². The number of hydrogen-bond donors (Lipinski definition) is 0. The minimum atomic E-state index is 0.633. The van der Waals surface area contributed by atoms with Crippen LogP contribution in [0.1, 0.15) is 58.1 Å². The Hall–Kier alpha value is -0.780. The Morgan fingerprint density at radius 3 is 2.90 bits per heavy atom. The van der Waals surface area contributed by atoms with Crippen LogP contribution in [0.4, 0.5) is 0 Å². The standard InChI is InChI=1S/C16H21N3S2/c1-11-10-20-16(18-11)13-3-2-6-19(8-13)9-14-7-17-15(21-14)12-4-5-12/h7,10,12-13H,2-6,8-9H2,1H3/t13-/m1/s1. The van der Waals surface area contributed by atoms with Gasteiger partial charge in [-0.15, -0.1) is 22.7 Å². The summed E-state index contributed by atoms with van der Waals surface area (Å²) in [5.41, 5.74) is 1.17. The smallest absolute Gasteiger partial charge is 0.0971 e. The average Bonchev–Trinajstić information content (AvgIpc) is 3.09. The van der Waals surface area contributed by atoms with Crippen LogP contribution < -0.4 is 0 Å². The Balaban J connectivity index is 1.40. The van der Waals surface area contributed by atoms with Gasteiger partial charge in [-0.2, -0.15) is 0 Å². The van der Waals surface area contributed by atoms with Gasteiger partial charge in [0.15, 0.2) is 0 Å². The normalized spacial score (nSPS) is 23.6. The van der Waals surface area contributed by atoms with Crippen molar-refractivity contribution < 1.29 is 0 Å². The van der Waals surface area contributed by atoms with Crippen LogP contribution in [0.5, 0.6) is 0 Å². The predicted molar refractivity (Wildman–Crippen MR) is 88.2 cm³/mol. The summed E-state index contributed by atoms with van der Waals surface area (Å²) in [6.07, 6.45) is 7.39. The SMILES string of the molecule is Cc1csc([C@@H]2CCCN(Cc3cnc(C4CC4)s3)C2)n1. The lowest BCUT2D eigenvalue weighted by Gasteiger charge is -2.31. The van der Waals surface area contributed by atoms with Gasteiger partial charge in [-0.1, -0.05) is 0 Å². The Morgan fingerprint density at radius 1 is 1.24 bits per heavy atom. The Bertz CT molecular complexity index is 615. The number of piperidine rings is 1. The highest BCUT2D eigenvalue weighted by Crippen LogP contribution is 2.42. The second-order valence-electron chi connectivity index (χ2n) is 6.34. The molecule has 2 aliphatic rings. The fraction of sp³-hybridized carbons (Fsp3) is 0.625. The van der Waals surface area contributed by atoms with E-state index in [1.54, 1.807) is 0 Å². The predicted octanol–water partition coefficient (Wildman–Crippen LogP) is 4.17. The van der Waals surface area contributed by atoms with Gasteiger partial charge >= 0.3 is 0 Å². The lowest BCUT2D eigenvalue weighted by atomic mass is 9.99. The maximum atomic E-state index is 4.69. The summed E-state index contributed by atoms with van der Waals surface area (Å²) < 4.78 is 0. The Kier molecular flexibility index (Phi) is 3.81. The minimum Gasteiger partial charge on any atom is -0.298 e. The number of likely N-dealkylation sites (tertiary alicyclic amines) is 1. The molecule has 0 unspecified atom stereocenters. The van der Waals surface area contributed by atoms with E-state index in [4.69, 9.17) is 4.98 Å². The second-order valence-corrected chi connectivity index (χ2v) is 8.38. The fourth-order valence-electron chi connectivity index (χ4n) is 3.10. The molecule has 4 rings (SSSR count). The molecule has 0 bridgehead atoms. The molecule has 21 heavy (non-hydrogen) atoms. The number of nitrogens with zero attached hydrogens (tertiary/aromatic N) is 3. The van der Waals surface area contributed by atoms with E-state index in [0.717, 1.165) is 19.0 Å². The van der Waals surface area contributed by atoms with E-state index in [1.807, 2.05) is 22.7 Å². The van der Waals surface area contributed by atoms with E-state index in [0.29, 0.717) is 5.92 Å². The summed E-state index contributed by atoms with van der Waals surface area (Å²) in [5, 5.41) is 4.88. The number of aromatic nitrogens is 2. The first-order chi connectivity index (χ1) is 10.3. The third-order valence-corrected chi connectivity index (χ3v) is 6.64. The molecule has 0 spiro atoms. The van der Waals surface area contributed by atoms with Gasteiger partial charge in [-0.25, -0.2) is 9.97 Å². The highest BCUT2D eigenvalue weighted by molar-refractivity contribution is 7.11. The molecule has 1 aliphatic carbocycles. The maximum absolute atomic E-state index is 4.69. The van der Waals surface area contributed by atoms with Crippen molar-refractivity contribution in [1.29, 1.82) is 0 Å². The maximum Gasteiger partial charge on any atom is 0.0971 e. The summed E-state index contributed by atoms with van der Waals surface area (Å²) in [6.45, 7) is 5.55. The van der Waals surface area contributed by atoms with Gasteiger partial charge in [0.1, 0.15) is 0 Å². The third kappa shape index (κ3) is 3.20. The highest BCUT2D eigenvalue weighted by Gasteiger charge is 2.28. The largest absolute Gasteiger partial charge is 0.298 e. The lowest BCUT2D eigenvalue weighted by Crippen LogP contribution is -2.33. The van der Waals surface area contributed by atoms with Gasteiger partial charge < -0.3 is 0 Å². The number of rotatable bonds is 4. The van der Waals surface area contributed by atoms with E-state index < -0.39 is 0 Å². The molecule has 1 saturated carbocycles. The second kappa shape index (κ2) is 5.78. The van der Waals surface area contributed by atoms with Gasteiger partial charge in [-0.05, 0) is 39.2 Å². The zero-order chi connectivity index (χ0) is 14.2. The van der Waals surface area contributed by atoms with Crippen LogP contribution in [0, 0.1) is 6.92 Å². The van der Waals surface area contributed by atoms with Crippen LogP contribution in [0.15, 0.2) is 11.6 Å². The van der Waals surface area contributed by atoms with E-state index in [9.17, 15) is 0 Å². The van der Waals surface area contributed by atoms with Crippen molar-refractivity contribution in [3.8, 4) is 0 Å². The third-order valence-electron chi connectivity index (χ3n) is 4.37. The van der Waals surface area contributed by atoms with E-state index >= 15 is 0 Å². The van der Waals surface area contributed by atoms with E-state index in [-0.39, 0.29) is 0 Å². The Labute approximate surface area is 134 Å². The molecule has 3 heterocycles. The molecule has 2 aromatic heterocycles. The average molecular weight is 319 g/mol. The van der Waals surface area contributed by atoms with Crippen molar-refractivity contribution in [3.05, 3.63) is 32.2 Å². The number of aryl methyl sites for hydroxylation is 1. The molecule has 0 radical (unpaired) electrons. The molecule has 5 heteroatoms. The summed E-state index contributed by atoms with van der Waals surface area (Å²) in [6, 6.07) is 0. The molecule has 2 aromatic rings. The quantitative estimate of drug-likeness (QED) is 0.847. The zero-order valence-corrected chi connectivity index (χ0v) is 14.1. The van der Waals surface area contributed by atoms with E-state index in [1.165, 1.54) is 52.8 Å². The topological polar surface area (TPSA) is 29.0 Å². The lowest BCUT2D eigenvalue weighted by molar-refractivity contribution is 0.201. The summed E-state index contributed by atoms with van der Waals surface area (Å²) in [4.78, 5) is 13.3. The monoisotopic (exact) mass is 319 g/mol. The molecule has 1 saturated heterocycles. The number of thiazole rings is 2. The first-order valence-corrected chi connectivity index (χ1v) is 9.56. The van der Waals surface area contributed by atoms with Gasteiger partial charge in [0.25, 0.3) is 0 Å². The van der Waals surface area contributed by atoms with Crippen LogP contribution in [0.25, 0.3) is 0 Å². The molecule has 3 nitrogen and oxygen atoms in total. The molecule has 112 valence electrons. The molecule has 0 amide bonds. The van der Waals surface area contributed by atoms with Crippen LogP contribution >= 0.6 is 22.7 Å². The van der Waals surface area contributed by atoms with E-state index in [2.05, 4.69) is 28.4 Å². The first kappa shape index (κ1) is 13.9. The molecule has 2 fully saturated rings. The zero-order valence-electron chi connectivity index (χ0n) is 12.4. The van der Waals surface area contributed by atoms with Gasteiger partial charge in [0, 0.05) is 47.1 Å². The summed E-state index contributed by atoms with van der Waals surface area (Å²) >= 11 is 3.77. The highest BCUT2D eigenvalue weighted by atomic mass is 32.1. The van der Waals surface area contributed by atoms with Gasteiger partial charge in [-0.3, -0.25) is 4.90 Å². The fourth-order valence-corrected chi connectivity index (χ4v) is 5.15. The van der Waals surface area contributed by atoms with Crippen molar-refractivity contribution in [2.45, 2.75) is 51.0 Å². The van der Waals surface area contributed by atoms with Gasteiger partial charge in [0.05, 0.1) is 10.0 Å². The minimum absolute atomic E-state index is 0.633. The van der Waals surface area contributed by atoms with Crippen molar-refractivity contribution in [2.24, 2.45) is 0 Å². The summed E-state index contributed by atoms with van der Waals surface area (Å²) in [7, 11) is 0. The van der Waals surface area contributed by atoms with Crippen LogP contribution in [0.2, 0.25) is 0 Å². The van der Waals surface area contributed by atoms with Crippen molar-refractivity contribution >= 4 is 22.7 Å². The van der Waals surface area contributed by atoms with Crippen LogP contribution in [-0.4, -0.2) is 28.0 Å². The molecular weight excluding hydrogens is 298 g/mol. The van der Waals surface area contributed by atoms with Crippen LogP contribution in [0.3, 0.4) is 0 Å². The Morgan fingerprint density at radius 2 is 2.14 bits per heavy atom. The molecule has 1 aliphatic heterocycles.